The number of nitrogens with zero attached hydrogens (tertiary/aromatic N) is 2. The van der Waals surface area contributed by atoms with Crippen LogP contribution in [-0.4, -0.2) is 32.2 Å². The molecule has 1 aliphatic heterocycles. The Labute approximate surface area is 139 Å². The summed E-state index contributed by atoms with van der Waals surface area (Å²) in [6.45, 7) is 2.45. The largest absolute Gasteiger partial charge is 0.503 e. The van der Waals surface area contributed by atoms with Gasteiger partial charge in [0.25, 0.3) is 0 Å². The summed E-state index contributed by atoms with van der Waals surface area (Å²) in [4.78, 5) is 24.8. The minimum Gasteiger partial charge on any atom is -0.503 e. The number of aryl methyl sites for hydroxylation is 1. The van der Waals surface area contributed by atoms with Gasteiger partial charge in [0.05, 0.1) is 12.6 Å². The SMILES string of the molecule is O=C(O)CCn1cc(O)c(=O)cc1CN1CCc2ccccc2C1. The number of carboxylic acid groups (broad SMARTS) is 1. The number of benzene rings is 1. The van der Waals surface area contributed by atoms with E-state index in [1.54, 1.807) is 4.57 Å². The van der Waals surface area contributed by atoms with Crippen LogP contribution in [-0.2, 0) is 30.8 Å². The Morgan fingerprint density at radius 2 is 1.96 bits per heavy atom. The molecule has 0 saturated carbocycles. The van der Waals surface area contributed by atoms with Crippen LogP contribution in [0.4, 0.5) is 0 Å². The third-order valence-electron chi connectivity index (χ3n) is 4.36. The number of aliphatic carboxylic acids is 1. The number of carboxylic acids is 1. The summed E-state index contributed by atoms with van der Waals surface area (Å²) < 4.78 is 1.66. The zero-order chi connectivity index (χ0) is 17.1. The Morgan fingerprint density at radius 3 is 2.71 bits per heavy atom. The molecular weight excluding hydrogens is 308 g/mol. The number of rotatable bonds is 5. The molecule has 0 bridgehead atoms. The maximum Gasteiger partial charge on any atom is 0.305 e. The summed E-state index contributed by atoms with van der Waals surface area (Å²) in [6, 6.07) is 9.70. The van der Waals surface area contributed by atoms with Gasteiger partial charge in [0.1, 0.15) is 0 Å². The molecule has 6 heteroatoms. The molecule has 2 aromatic rings. The molecule has 1 aromatic heterocycles. The maximum atomic E-state index is 11.8. The lowest BCUT2D eigenvalue weighted by molar-refractivity contribution is -0.137. The minimum absolute atomic E-state index is 0.0574. The van der Waals surface area contributed by atoms with Crippen molar-refractivity contribution in [2.45, 2.75) is 32.5 Å². The van der Waals surface area contributed by atoms with Gasteiger partial charge in [-0.3, -0.25) is 14.5 Å². The fourth-order valence-corrected chi connectivity index (χ4v) is 3.08. The normalized spacial score (nSPS) is 14.3. The summed E-state index contributed by atoms with van der Waals surface area (Å²) >= 11 is 0. The van der Waals surface area contributed by atoms with E-state index in [0.29, 0.717) is 6.54 Å². The van der Waals surface area contributed by atoms with Crippen LogP contribution in [0.3, 0.4) is 0 Å². The highest BCUT2D eigenvalue weighted by atomic mass is 16.4. The van der Waals surface area contributed by atoms with Gasteiger partial charge in [0.2, 0.25) is 5.43 Å². The van der Waals surface area contributed by atoms with Crippen LogP contribution in [0.25, 0.3) is 0 Å². The second-order valence-corrected chi connectivity index (χ2v) is 6.08. The molecule has 0 amide bonds. The van der Waals surface area contributed by atoms with Crippen molar-refractivity contribution < 1.29 is 15.0 Å². The van der Waals surface area contributed by atoms with Gasteiger partial charge >= 0.3 is 5.97 Å². The van der Waals surface area contributed by atoms with E-state index in [4.69, 9.17) is 5.11 Å². The molecular formula is C18H20N2O4. The molecule has 0 fully saturated rings. The molecule has 24 heavy (non-hydrogen) atoms. The Balaban J connectivity index is 1.80. The van der Waals surface area contributed by atoms with Gasteiger partial charge < -0.3 is 14.8 Å². The second kappa shape index (κ2) is 6.88. The Kier molecular flexibility index (Phi) is 4.66. The van der Waals surface area contributed by atoms with Crippen molar-refractivity contribution in [3.05, 3.63) is 63.6 Å². The van der Waals surface area contributed by atoms with Gasteiger partial charge in [-0.1, -0.05) is 24.3 Å². The molecule has 1 aliphatic rings. The molecule has 1 aromatic carbocycles. The van der Waals surface area contributed by atoms with Crippen molar-refractivity contribution in [1.82, 2.24) is 9.47 Å². The first-order valence-corrected chi connectivity index (χ1v) is 7.96. The standard InChI is InChI=1S/C18H20N2O4/c21-16-9-15(20(12-17(16)22)8-6-18(23)24)11-19-7-5-13-3-1-2-4-14(13)10-19/h1-4,9,12,22H,5-8,10-11H2,(H,23,24). The Bertz CT molecular complexity index is 813. The lowest BCUT2D eigenvalue weighted by atomic mass is 10.00. The summed E-state index contributed by atoms with van der Waals surface area (Å²) in [5.41, 5.74) is 2.91. The highest BCUT2D eigenvalue weighted by Gasteiger charge is 2.17. The van der Waals surface area contributed by atoms with Crippen molar-refractivity contribution in [3.8, 4) is 5.75 Å². The van der Waals surface area contributed by atoms with E-state index < -0.39 is 11.4 Å². The fourth-order valence-electron chi connectivity index (χ4n) is 3.08. The predicted molar refractivity (Wildman–Crippen MR) is 88.9 cm³/mol. The highest BCUT2D eigenvalue weighted by molar-refractivity contribution is 5.66. The zero-order valence-corrected chi connectivity index (χ0v) is 13.3. The average Bonchev–Trinajstić information content (AvgIpc) is 2.56. The van der Waals surface area contributed by atoms with Crippen LogP contribution >= 0.6 is 0 Å². The summed E-state index contributed by atoms with van der Waals surface area (Å²) in [7, 11) is 0. The quantitative estimate of drug-likeness (QED) is 0.871. The monoisotopic (exact) mass is 328 g/mol. The van der Waals surface area contributed by atoms with Gasteiger partial charge in [0, 0.05) is 37.9 Å². The number of hydrogen-bond acceptors (Lipinski definition) is 4. The molecule has 0 spiro atoms. The Morgan fingerprint density at radius 1 is 1.21 bits per heavy atom. The maximum absolute atomic E-state index is 11.8. The first-order chi connectivity index (χ1) is 11.5. The zero-order valence-electron chi connectivity index (χ0n) is 13.3. The van der Waals surface area contributed by atoms with Crippen LogP contribution in [0.5, 0.6) is 5.75 Å². The van der Waals surface area contributed by atoms with E-state index in [1.165, 1.54) is 23.4 Å². The third kappa shape index (κ3) is 3.65. The topological polar surface area (TPSA) is 82.8 Å². The molecule has 2 N–H and O–H groups in total. The third-order valence-corrected chi connectivity index (χ3v) is 4.36. The first kappa shape index (κ1) is 16.3. The highest BCUT2D eigenvalue weighted by Crippen LogP contribution is 2.20. The second-order valence-electron chi connectivity index (χ2n) is 6.08. The van der Waals surface area contributed by atoms with E-state index >= 15 is 0 Å². The van der Waals surface area contributed by atoms with Gasteiger partial charge in [-0.25, -0.2) is 0 Å². The number of hydrogen-bond donors (Lipinski definition) is 2. The van der Waals surface area contributed by atoms with Crippen LogP contribution in [0.1, 0.15) is 23.2 Å². The van der Waals surface area contributed by atoms with Crippen molar-refractivity contribution in [2.75, 3.05) is 6.54 Å². The van der Waals surface area contributed by atoms with Crippen LogP contribution in [0.15, 0.2) is 41.3 Å². The van der Waals surface area contributed by atoms with Gasteiger partial charge in [0.15, 0.2) is 5.75 Å². The van der Waals surface area contributed by atoms with Crippen molar-refractivity contribution in [2.24, 2.45) is 0 Å². The van der Waals surface area contributed by atoms with Gasteiger partial charge in [-0.2, -0.15) is 0 Å². The molecule has 0 saturated heterocycles. The summed E-state index contributed by atoms with van der Waals surface area (Å²) in [5.74, 6) is -1.26. The molecule has 0 atom stereocenters. The summed E-state index contributed by atoms with van der Waals surface area (Å²) in [5, 5.41) is 18.5. The molecule has 126 valence electrons. The molecule has 2 heterocycles. The summed E-state index contributed by atoms with van der Waals surface area (Å²) in [6.07, 6.45) is 2.23. The van der Waals surface area contributed by atoms with E-state index in [1.807, 2.05) is 12.1 Å². The van der Waals surface area contributed by atoms with Crippen molar-refractivity contribution in [3.63, 3.8) is 0 Å². The van der Waals surface area contributed by atoms with Crippen LogP contribution in [0.2, 0.25) is 0 Å². The van der Waals surface area contributed by atoms with Crippen LogP contribution in [0, 0.1) is 0 Å². The Hall–Kier alpha value is -2.60. The van der Waals surface area contributed by atoms with Crippen molar-refractivity contribution >= 4 is 5.97 Å². The predicted octanol–water partition coefficient (Wildman–Crippen LogP) is 1.59. The number of fused-ring (bicyclic) bond motifs is 1. The molecule has 0 unspecified atom stereocenters. The molecule has 0 radical (unpaired) electrons. The number of aromatic hydroxyl groups is 1. The van der Waals surface area contributed by atoms with E-state index in [-0.39, 0.29) is 18.7 Å². The molecule has 6 nitrogen and oxygen atoms in total. The lowest BCUT2D eigenvalue weighted by Crippen LogP contribution is -2.31. The van der Waals surface area contributed by atoms with Crippen LogP contribution < -0.4 is 5.43 Å². The fraction of sp³-hybridized carbons (Fsp3) is 0.333. The van der Waals surface area contributed by atoms with E-state index in [0.717, 1.165) is 25.2 Å². The molecule has 3 rings (SSSR count). The first-order valence-electron chi connectivity index (χ1n) is 7.96. The lowest BCUT2D eigenvalue weighted by Gasteiger charge is -2.29. The van der Waals surface area contributed by atoms with Gasteiger partial charge in [-0.15, -0.1) is 0 Å². The van der Waals surface area contributed by atoms with E-state index in [9.17, 15) is 14.7 Å². The number of pyridine rings is 1. The van der Waals surface area contributed by atoms with Gasteiger partial charge in [-0.05, 0) is 17.5 Å². The average molecular weight is 328 g/mol. The van der Waals surface area contributed by atoms with Crippen molar-refractivity contribution in [1.29, 1.82) is 0 Å². The molecule has 0 aliphatic carbocycles. The minimum atomic E-state index is -0.911. The van der Waals surface area contributed by atoms with E-state index in [2.05, 4.69) is 17.0 Å². The smallest absolute Gasteiger partial charge is 0.305 e. The number of carbonyl (C=O) groups is 1. The number of aromatic nitrogens is 1.